The maximum Gasteiger partial charge on any atom is 0.170 e. The Labute approximate surface area is 110 Å². The Morgan fingerprint density at radius 3 is 2.94 bits per heavy atom. The first-order chi connectivity index (χ1) is 8.24. The minimum absolute atomic E-state index is 0.290. The van der Waals surface area contributed by atoms with E-state index in [1.54, 1.807) is 11.8 Å². The van der Waals surface area contributed by atoms with Crippen molar-refractivity contribution in [2.45, 2.75) is 17.4 Å². The second-order valence-corrected chi connectivity index (χ2v) is 6.14. The van der Waals surface area contributed by atoms with Crippen LogP contribution in [0.1, 0.15) is 5.82 Å². The highest BCUT2D eigenvalue weighted by atomic mass is 32.2. The Kier molecular flexibility index (Phi) is 5.17. The zero-order valence-electron chi connectivity index (χ0n) is 9.93. The lowest BCUT2D eigenvalue weighted by molar-refractivity contribution is 0.121. The molecule has 1 saturated heterocycles. The predicted molar refractivity (Wildman–Crippen MR) is 70.7 cm³/mol. The van der Waals surface area contributed by atoms with Gasteiger partial charge in [0.2, 0.25) is 0 Å². The summed E-state index contributed by atoms with van der Waals surface area (Å²) in [6.07, 6.45) is -0.290. The summed E-state index contributed by atoms with van der Waals surface area (Å²) in [6, 6.07) is 0. The molecule has 1 aromatic rings. The molecule has 17 heavy (non-hydrogen) atoms. The summed E-state index contributed by atoms with van der Waals surface area (Å²) in [7, 11) is 0. The standard InChI is InChI=1S/C10H18N4OS2/c1-8-12-10(17-13-8)16-7-9(15)6-14-4-2-11-3-5-14/h9,11,15H,2-7H2,1H3. The van der Waals surface area contributed by atoms with Crippen LogP contribution in [0.3, 0.4) is 0 Å². The molecule has 1 aliphatic rings. The lowest BCUT2D eigenvalue weighted by Crippen LogP contribution is -2.46. The Hall–Kier alpha value is -0.210. The highest BCUT2D eigenvalue weighted by Gasteiger charge is 2.15. The summed E-state index contributed by atoms with van der Waals surface area (Å²) in [5, 5.41) is 13.2. The molecule has 1 fully saturated rings. The summed E-state index contributed by atoms with van der Waals surface area (Å²) >= 11 is 3.00. The van der Waals surface area contributed by atoms with E-state index < -0.39 is 0 Å². The molecule has 2 N–H and O–H groups in total. The van der Waals surface area contributed by atoms with Crippen LogP contribution in [0.15, 0.2) is 4.34 Å². The summed E-state index contributed by atoms with van der Waals surface area (Å²) in [5.41, 5.74) is 0. The maximum absolute atomic E-state index is 9.94. The molecule has 0 radical (unpaired) electrons. The van der Waals surface area contributed by atoms with Crippen LogP contribution in [0.4, 0.5) is 0 Å². The smallest absolute Gasteiger partial charge is 0.170 e. The van der Waals surface area contributed by atoms with Gasteiger partial charge in [0.1, 0.15) is 5.82 Å². The van der Waals surface area contributed by atoms with Crippen molar-refractivity contribution in [2.24, 2.45) is 0 Å². The van der Waals surface area contributed by atoms with Gasteiger partial charge < -0.3 is 10.4 Å². The minimum atomic E-state index is -0.290. The fourth-order valence-electron chi connectivity index (χ4n) is 1.75. The van der Waals surface area contributed by atoms with E-state index >= 15 is 0 Å². The maximum atomic E-state index is 9.94. The molecule has 2 heterocycles. The molecule has 1 aliphatic heterocycles. The molecule has 1 atom stereocenters. The van der Waals surface area contributed by atoms with Crippen LogP contribution in [0.2, 0.25) is 0 Å². The quantitative estimate of drug-likeness (QED) is 0.748. The molecule has 0 spiro atoms. The first kappa shape index (κ1) is 13.2. The Morgan fingerprint density at radius 1 is 1.53 bits per heavy atom. The molecular formula is C10H18N4OS2. The van der Waals surface area contributed by atoms with E-state index in [9.17, 15) is 5.11 Å². The van der Waals surface area contributed by atoms with Gasteiger partial charge in [-0.2, -0.15) is 4.37 Å². The Morgan fingerprint density at radius 2 is 2.29 bits per heavy atom. The van der Waals surface area contributed by atoms with Gasteiger partial charge in [-0.1, -0.05) is 11.8 Å². The number of nitrogens with one attached hydrogen (secondary N) is 1. The van der Waals surface area contributed by atoms with Gasteiger partial charge in [0.05, 0.1) is 6.10 Å². The van der Waals surface area contributed by atoms with Gasteiger partial charge in [0.25, 0.3) is 0 Å². The SMILES string of the molecule is Cc1nsc(SCC(O)CN2CCNCC2)n1. The van der Waals surface area contributed by atoms with Crippen molar-refractivity contribution in [3.63, 3.8) is 0 Å². The average Bonchev–Trinajstić information content (AvgIpc) is 2.74. The molecular weight excluding hydrogens is 256 g/mol. The van der Waals surface area contributed by atoms with Gasteiger partial charge in [0.15, 0.2) is 4.34 Å². The number of aliphatic hydroxyl groups excluding tert-OH is 1. The lowest BCUT2D eigenvalue weighted by Gasteiger charge is -2.28. The first-order valence-electron chi connectivity index (χ1n) is 5.78. The molecule has 5 nitrogen and oxygen atoms in total. The molecule has 0 bridgehead atoms. The number of aromatic nitrogens is 2. The van der Waals surface area contributed by atoms with Gasteiger partial charge in [-0.05, 0) is 18.5 Å². The predicted octanol–water partition coefficient (Wildman–Crippen LogP) is 0.205. The van der Waals surface area contributed by atoms with Crippen LogP contribution in [-0.2, 0) is 0 Å². The van der Waals surface area contributed by atoms with E-state index in [1.807, 2.05) is 6.92 Å². The zero-order chi connectivity index (χ0) is 12.1. The van der Waals surface area contributed by atoms with E-state index in [-0.39, 0.29) is 6.10 Å². The minimum Gasteiger partial charge on any atom is -0.391 e. The number of hydrogen-bond donors (Lipinski definition) is 2. The number of thioether (sulfide) groups is 1. The van der Waals surface area contributed by atoms with Crippen LogP contribution in [0.25, 0.3) is 0 Å². The van der Waals surface area contributed by atoms with Crippen molar-refractivity contribution in [2.75, 3.05) is 38.5 Å². The van der Waals surface area contributed by atoms with E-state index in [0.717, 1.165) is 42.9 Å². The lowest BCUT2D eigenvalue weighted by atomic mass is 10.3. The van der Waals surface area contributed by atoms with Crippen molar-refractivity contribution in [1.82, 2.24) is 19.6 Å². The summed E-state index contributed by atoms with van der Waals surface area (Å²) in [4.78, 5) is 6.56. The van der Waals surface area contributed by atoms with E-state index in [1.165, 1.54) is 11.5 Å². The van der Waals surface area contributed by atoms with Gasteiger partial charge in [-0.3, -0.25) is 4.90 Å². The fraction of sp³-hybridized carbons (Fsp3) is 0.800. The summed E-state index contributed by atoms with van der Waals surface area (Å²) in [5.74, 6) is 1.51. The highest BCUT2D eigenvalue weighted by Crippen LogP contribution is 2.20. The van der Waals surface area contributed by atoms with Gasteiger partial charge in [-0.25, -0.2) is 4.98 Å². The number of rotatable bonds is 5. The van der Waals surface area contributed by atoms with Crippen molar-refractivity contribution in [3.05, 3.63) is 5.82 Å². The highest BCUT2D eigenvalue weighted by molar-refractivity contribution is 8.00. The summed E-state index contributed by atoms with van der Waals surface area (Å²) in [6.45, 7) is 6.74. The van der Waals surface area contributed by atoms with Crippen molar-refractivity contribution < 1.29 is 5.11 Å². The van der Waals surface area contributed by atoms with Crippen LogP contribution >= 0.6 is 23.3 Å². The molecule has 2 rings (SSSR count). The number of β-amino-alcohol motifs (C(OH)–C–C–N with tert-alkyl or cyclic N) is 1. The topological polar surface area (TPSA) is 61.3 Å². The Balaban J connectivity index is 1.68. The number of piperazine rings is 1. The molecule has 96 valence electrons. The number of hydrogen-bond acceptors (Lipinski definition) is 7. The van der Waals surface area contributed by atoms with Crippen LogP contribution in [-0.4, -0.2) is 63.9 Å². The fourth-order valence-corrected chi connectivity index (χ4v) is 3.34. The van der Waals surface area contributed by atoms with Crippen molar-refractivity contribution >= 4 is 23.3 Å². The van der Waals surface area contributed by atoms with Crippen molar-refractivity contribution in [3.8, 4) is 0 Å². The molecule has 0 aromatic carbocycles. The Bertz CT molecular complexity index is 341. The molecule has 0 aliphatic carbocycles. The number of nitrogens with zero attached hydrogens (tertiary/aromatic N) is 3. The first-order valence-corrected chi connectivity index (χ1v) is 7.54. The van der Waals surface area contributed by atoms with E-state index in [4.69, 9.17) is 0 Å². The molecule has 1 aromatic heterocycles. The van der Waals surface area contributed by atoms with Crippen LogP contribution in [0, 0.1) is 6.92 Å². The third kappa shape index (κ3) is 4.51. The van der Waals surface area contributed by atoms with Gasteiger partial charge in [0, 0.05) is 38.5 Å². The van der Waals surface area contributed by atoms with E-state index in [0.29, 0.717) is 5.75 Å². The second kappa shape index (κ2) is 6.65. The molecule has 0 amide bonds. The third-order valence-corrected chi connectivity index (χ3v) is 4.66. The van der Waals surface area contributed by atoms with Crippen LogP contribution in [0.5, 0.6) is 0 Å². The summed E-state index contributed by atoms with van der Waals surface area (Å²) < 4.78 is 5.07. The number of aryl methyl sites for hydroxylation is 1. The normalized spacial score (nSPS) is 19.4. The molecule has 0 saturated carbocycles. The van der Waals surface area contributed by atoms with Gasteiger partial charge in [-0.15, -0.1) is 0 Å². The van der Waals surface area contributed by atoms with Crippen LogP contribution < -0.4 is 5.32 Å². The molecule has 1 unspecified atom stereocenters. The monoisotopic (exact) mass is 274 g/mol. The van der Waals surface area contributed by atoms with Gasteiger partial charge >= 0.3 is 0 Å². The zero-order valence-corrected chi connectivity index (χ0v) is 11.6. The van der Waals surface area contributed by atoms with E-state index in [2.05, 4.69) is 19.6 Å². The number of aliphatic hydroxyl groups is 1. The van der Waals surface area contributed by atoms with Crippen molar-refractivity contribution in [1.29, 1.82) is 0 Å². The average molecular weight is 274 g/mol. The third-order valence-electron chi connectivity index (χ3n) is 2.59. The largest absolute Gasteiger partial charge is 0.391 e. The molecule has 7 heteroatoms. The second-order valence-electron chi connectivity index (χ2n) is 4.12.